The minimum Gasteiger partial charge on any atom is -0.492 e. The van der Waals surface area contributed by atoms with E-state index in [0.29, 0.717) is 0 Å². The van der Waals surface area contributed by atoms with Crippen LogP contribution in [-0.2, 0) is 10.0 Å². The van der Waals surface area contributed by atoms with E-state index in [1.165, 1.54) is 0 Å². The van der Waals surface area contributed by atoms with Gasteiger partial charge in [0.15, 0.2) is 0 Å². The third kappa shape index (κ3) is 4.73. The summed E-state index contributed by atoms with van der Waals surface area (Å²) < 4.78 is 32.6. The number of rotatable bonds is 7. The lowest BCUT2D eigenvalue weighted by atomic mass is 10.1. The number of ether oxygens (including phenoxy) is 1. The minimum absolute atomic E-state index is 0.222. The summed E-state index contributed by atoms with van der Waals surface area (Å²) in [7, 11) is -3.50. The molecule has 0 bridgehead atoms. The van der Waals surface area contributed by atoms with E-state index in [1.807, 2.05) is 38.3 Å². The lowest BCUT2D eigenvalue weighted by Gasteiger charge is -2.11. The molecule has 0 saturated carbocycles. The molecule has 2 aromatic carbocycles. The summed E-state index contributed by atoms with van der Waals surface area (Å²) in [6, 6.07) is 12.6. The summed E-state index contributed by atoms with van der Waals surface area (Å²) >= 11 is 1.57. The van der Waals surface area contributed by atoms with Crippen molar-refractivity contribution in [2.24, 2.45) is 0 Å². The Morgan fingerprint density at radius 1 is 1.09 bits per heavy atom. The second kappa shape index (κ2) is 7.86. The third-order valence-electron chi connectivity index (χ3n) is 3.58. The molecule has 23 heavy (non-hydrogen) atoms. The van der Waals surface area contributed by atoms with Gasteiger partial charge in [-0.1, -0.05) is 12.1 Å². The smallest absolute Gasteiger partial charge is 0.240 e. The molecule has 2 rings (SSSR count). The number of benzene rings is 2. The molecule has 0 saturated heterocycles. The number of thioether (sulfide) groups is 1. The molecule has 0 aromatic heterocycles. The van der Waals surface area contributed by atoms with Crippen LogP contribution in [0.3, 0.4) is 0 Å². The molecule has 0 unspecified atom stereocenters. The summed E-state index contributed by atoms with van der Waals surface area (Å²) in [4.78, 5) is 1.30. The maximum atomic E-state index is 12.2. The van der Waals surface area contributed by atoms with Gasteiger partial charge in [-0.05, 0) is 61.6 Å². The van der Waals surface area contributed by atoms with Gasteiger partial charge in [0.25, 0.3) is 0 Å². The second-order valence-corrected chi connectivity index (χ2v) is 7.77. The van der Waals surface area contributed by atoms with Gasteiger partial charge in [-0.3, -0.25) is 0 Å². The fourth-order valence-corrected chi connectivity index (χ4v) is 3.48. The van der Waals surface area contributed by atoms with Crippen LogP contribution in [0.2, 0.25) is 0 Å². The molecule has 0 amide bonds. The van der Waals surface area contributed by atoms with Gasteiger partial charge in [0.1, 0.15) is 12.4 Å². The molecule has 4 nitrogen and oxygen atoms in total. The highest BCUT2D eigenvalue weighted by Gasteiger charge is 2.13. The normalized spacial score (nSPS) is 11.4. The van der Waals surface area contributed by atoms with E-state index in [1.54, 1.807) is 36.0 Å². The molecule has 0 aliphatic heterocycles. The Morgan fingerprint density at radius 2 is 1.78 bits per heavy atom. The van der Waals surface area contributed by atoms with Crippen LogP contribution in [0.1, 0.15) is 11.1 Å². The summed E-state index contributed by atoms with van der Waals surface area (Å²) in [5.41, 5.74) is 2.22. The lowest BCUT2D eigenvalue weighted by Crippen LogP contribution is -2.28. The number of hydrogen-bond acceptors (Lipinski definition) is 4. The molecule has 0 aliphatic rings. The molecule has 0 spiro atoms. The SMILES string of the molecule is CSc1ccc(S(=O)(=O)NCCOc2cccc(C)c2C)cc1. The van der Waals surface area contributed by atoms with Crippen molar-refractivity contribution in [1.82, 2.24) is 4.72 Å². The van der Waals surface area contributed by atoms with Crippen molar-refractivity contribution < 1.29 is 13.2 Å². The van der Waals surface area contributed by atoms with Crippen LogP contribution in [-0.4, -0.2) is 27.8 Å². The average Bonchev–Trinajstić information content (AvgIpc) is 2.55. The molecular weight excluding hydrogens is 330 g/mol. The second-order valence-electron chi connectivity index (χ2n) is 5.12. The Kier molecular flexibility index (Phi) is 6.10. The average molecular weight is 351 g/mol. The Hall–Kier alpha value is -1.50. The van der Waals surface area contributed by atoms with E-state index in [-0.39, 0.29) is 18.0 Å². The van der Waals surface area contributed by atoms with E-state index in [2.05, 4.69) is 4.72 Å². The maximum Gasteiger partial charge on any atom is 0.240 e. The van der Waals surface area contributed by atoms with Gasteiger partial charge in [-0.25, -0.2) is 13.1 Å². The molecule has 0 radical (unpaired) electrons. The van der Waals surface area contributed by atoms with E-state index in [4.69, 9.17) is 4.74 Å². The van der Waals surface area contributed by atoms with Crippen molar-refractivity contribution in [2.75, 3.05) is 19.4 Å². The van der Waals surface area contributed by atoms with Crippen LogP contribution < -0.4 is 9.46 Å². The molecule has 0 atom stereocenters. The third-order valence-corrected chi connectivity index (χ3v) is 5.80. The van der Waals surface area contributed by atoms with E-state index in [0.717, 1.165) is 21.8 Å². The van der Waals surface area contributed by atoms with Crippen molar-refractivity contribution in [2.45, 2.75) is 23.6 Å². The van der Waals surface area contributed by atoms with Crippen LogP contribution in [0.4, 0.5) is 0 Å². The fraction of sp³-hybridized carbons (Fsp3) is 0.294. The summed E-state index contributed by atoms with van der Waals surface area (Å²) in [5, 5.41) is 0. The van der Waals surface area contributed by atoms with Crippen LogP contribution in [0.25, 0.3) is 0 Å². The quantitative estimate of drug-likeness (QED) is 0.614. The molecular formula is C17H21NO3S2. The molecule has 0 aliphatic carbocycles. The predicted molar refractivity (Wildman–Crippen MR) is 94.8 cm³/mol. The van der Waals surface area contributed by atoms with Gasteiger partial charge in [-0.15, -0.1) is 11.8 Å². The Balaban J connectivity index is 1.90. The zero-order chi connectivity index (χ0) is 16.9. The first-order valence-corrected chi connectivity index (χ1v) is 9.97. The number of aryl methyl sites for hydroxylation is 1. The first kappa shape index (κ1) is 17.8. The molecule has 0 heterocycles. The highest BCUT2D eigenvalue weighted by atomic mass is 32.2. The van der Waals surface area contributed by atoms with E-state index < -0.39 is 10.0 Å². The number of hydrogen-bond donors (Lipinski definition) is 1. The fourth-order valence-electron chi connectivity index (χ4n) is 2.06. The van der Waals surface area contributed by atoms with E-state index >= 15 is 0 Å². The van der Waals surface area contributed by atoms with Gasteiger partial charge >= 0.3 is 0 Å². The largest absolute Gasteiger partial charge is 0.492 e. The Morgan fingerprint density at radius 3 is 2.43 bits per heavy atom. The standard InChI is InChI=1S/C17H21NO3S2/c1-13-5-4-6-17(14(13)2)21-12-11-18-23(19,20)16-9-7-15(22-3)8-10-16/h4-10,18H,11-12H2,1-3H3. The van der Waals surface area contributed by atoms with Gasteiger partial charge in [0.2, 0.25) is 10.0 Å². The van der Waals surface area contributed by atoms with Crippen molar-refractivity contribution in [1.29, 1.82) is 0 Å². The number of nitrogens with one attached hydrogen (secondary N) is 1. The topological polar surface area (TPSA) is 55.4 Å². The van der Waals surface area contributed by atoms with Crippen molar-refractivity contribution >= 4 is 21.8 Å². The highest BCUT2D eigenvalue weighted by Crippen LogP contribution is 2.20. The number of sulfonamides is 1. The molecule has 1 N–H and O–H groups in total. The van der Waals surface area contributed by atoms with Crippen LogP contribution in [0, 0.1) is 13.8 Å². The van der Waals surface area contributed by atoms with Crippen molar-refractivity contribution in [3.8, 4) is 5.75 Å². The van der Waals surface area contributed by atoms with E-state index in [9.17, 15) is 8.42 Å². The predicted octanol–water partition coefficient (Wildman–Crippen LogP) is 3.38. The lowest BCUT2D eigenvalue weighted by molar-refractivity contribution is 0.320. The van der Waals surface area contributed by atoms with Gasteiger partial charge in [0.05, 0.1) is 4.90 Å². The molecule has 6 heteroatoms. The zero-order valence-corrected chi connectivity index (χ0v) is 15.1. The van der Waals surface area contributed by atoms with Gasteiger partial charge < -0.3 is 4.74 Å². The molecule has 2 aromatic rings. The summed E-state index contributed by atoms with van der Waals surface area (Å²) in [6.45, 7) is 4.51. The monoisotopic (exact) mass is 351 g/mol. The zero-order valence-electron chi connectivity index (χ0n) is 13.5. The van der Waals surface area contributed by atoms with Crippen molar-refractivity contribution in [3.63, 3.8) is 0 Å². The van der Waals surface area contributed by atoms with Gasteiger partial charge in [0, 0.05) is 11.4 Å². The first-order chi connectivity index (χ1) is 10.9. The summed E-state index contributed by atoms with van der Waals surface area (Å²) in [5.74, 6) is 0.786. The molecule has 124 valence electrons. The van der Waals surface area contributed by atoms with Crippen molar-refractivity contribution in [3.05, 3.63) is 53.6 Å². The highest BCUT2D eigenvalue weighted by molar-refractivity contribution is 7.98. The van der Waals surface area contributed by atoms with Crippen LogP contribution in [0.5, 0.6) is 5.75 Å². The van der Waals surface area contributed by atoms with Crippen LogP contribution in [0.15, 0.2) is 52.3 Å². The van der Waals surface area contributed by atoms with Gasteiger partial charge in [-0.2, -0.15) is 0 Å². The maximum absolute atomic E-state index is 12.2. The minimum atomic E-state index is -3.50. The first-order valence-electron chi connectivity index (χ1n) is 7.27. The summed E-state index contributed by atoms with van der Waals surface area (Å²) in [6.07, 6.45) is 1.95. The van der Waals surface area contributed by atoms with Crippen LogP contribution >= 0.6 is 11.8 Å². The Labute approximate surface area is 142 Å². The molecule has 0 fully saturated rings. The Bertz CT molecular complexity index is 756.